The summed E-state index contributed by atoms with van der Waals surface area (Å²) in [6.07, 6.45) is 1.30. The number of anilines is 1. The third-order valence-electron chi connectivity index (χ3n) is 4.76. The van der Waals surface area contributed by atoms with Gasteiger partial charge in [-0.15, -0.1) is 0 Å². The lowest BCUT2D eigenvalue weighted by atomic mass is 9.95. The lowest BCUT2D eigenvalue weighted by molar-refractivity contribution is -0.920. The van der Waals surface area contributed by atoms with E-state index < -0.39 is 11.9 Å². The van der Waals surface area contributed by atoms with Crippen LogP contribution in [-0.2, 0) is 14.4 Å². The number of piperidine rings is 1. The van der Waals surface area contributed by atoms with Crippen LogP contribution >= 0.6 is 0 Å². The number of carbonyl (C=O) groups excluding carboxylic acids is 3. The molecule has 122 valence electrons. The highest BCUT2D eigenvalue weighted by molar-refractivity contribution is 6.21. The SMILES string of the molecule is NC(=O)C1CC[NH+]([C@H]2CC(=O)N(c3ccccc3F)C2=O)CC1. The first-order valence-electron chi connectivity index (χ1n) is 7.74. The topological polar surface area (TPSA) is 84.9 Å². The third-order valence-corrected chi connectivity index (χ3v) is 4.76. The van der Waals surface area contributed by atoms with Gasteiger partial charge in [0.1, 0.15) is 5.82 Å². The van der Waals surface area contributed by atoms with Crippen LogP contribution in [0.4, 0.5) is 10.1 Å². The number of rotatable bonds is 3. The molecule has 1 aromatic carbocycles. The van der Waals surface area contributed by atoms with Gasteiger partial charge < -0.3 is 10.6 Å². The van der Waals surface area contributed by atoms with E-state index in [4.69, 9.17) is 5.73 Å². The van der Waals surface area contributed by atoms with Crippen LogP contribution in [0.5, 0.6) is 0 Å². The van der Waals surface area contributed by atoms with Crippen molar-refractivity contribution in [2.45, 2.75) is 25.3 Å². The zero-order chi connectivity index (χ0) is 16.6. The second-order valence-electron chi connectivity index (χ2n) is 6.11. The molecule has 0 aliphatic carbocycles. The first-order valence-corrected chi connectivity index (χ1v) is 7.74. The van der Waals surface area contributed by atoms with Crippen LogP contribution in [0.2, 0.25) is 0 Å². The van der Waals surface area contributed by atoms with Crippen LogP contribution in [-0.4, -0.2) is 36.9 Å². The number of hydrogen-bond acceptors (Lipinski definition) is 3. The minimum atomic E-state index is -0.586. The monoisotopic (exact) mass is 320 g/mol. The fourth-order valence-electron chi connectivity index (χ4n) is 3.46. The number of carbonyl (C=O) groups is 3. The molecule has 2 aliphatic heterocycles. The third kappa shape index (κ3) is 2.84. The fourth-order valence-corrected chi connectivity index (χ4v) is 3.46. The lowest BCUT2D eigenvalue weighted by Gasteiger charge is -2.30. The predicted molar refractivity (Wildman–Crippen MR) is 79.9 cm³/mol. The number of benzene rings is 1. The average molecular weight is 320 g/mol. The summed E-state index contributed by atoms with van der Waals surface area (Å²) < 4.78 is 13.9. The van der Waals surface area contributed by atoms with E-state index in [1.54, 1.807) is 6.07 Å². The van der Waals surface area contributed by atoms with E-state index >= 15 is 0 Å². The molecular weight excluding hydrogens is 301 g/mol. The molecule has 2 saturated heterocycles. The van der Waals surface area contributed by atoms with Gasteiger partial charge in [0.25, 0.3) is 5.91 Å². The van der Waals surface area contributed by atoms with Gasteiger partial charge in [0, 0.05) is 18.8 Å². The van der Waals surface area contributed by atoms with Crippen molar-refractivity contribution in [3.63, 3.8) is 0 Å². The molecule has 0 bridgehead atoms. The summed E-state index contributed by atoms with van der Waals surface area (Å²) in [4.78, 5) is 38.0. The maximum Gasteiger partial charge on any atom is 0.292 e. The standard InChI is InChI=1S/C16H18FN3O3/c17-11-3-1-2-4-12(11)20-14(21)9-13(16(20)23)19-7-5-10(6-8-19)15(18)22/h1-4,10,13H,5-9H2,(H2,18,22)/p+1/t13-/m0/s1. The predicted octanol–water partition coefficient (Wildman–Crippen LogP) is -0.762. The van der Waals surface area contributed by atoms with Crippen LogP contribution in [0.25, 0.3) is 0 Å². The van der Waals surface area contributed by atoms with Crippen molar-refractivity contribution < 1.29 is 23.7 Å². The Morgan fingerprint density at radius 3 is 2.48 bits per heavy atom. The normalized spacial score (nSPS) is 28.2. The number of hydrogen-bond donors (Lipinski definition) is 2. The van der Waals surface area contributed by atoms with E-state index in [1.807, 2.05) is 0 Å². The van der Waals surface area contributed by atoms with Crippen molar-refractivity contribution in [1.82, 2.24) is 0 Å². The van der Waals surface area contributed by atoms with Crippen molar-refractivity contribution in [3.05, 3.63) is 30.1 Å². The number of nitrogens with one attached hydrogen (secondary N) is 1. The molecule has 0 aromatic heterocycles. The van der Waals surface area contributed by atoms with Crippen molar-refractivity contribution in [1.29, 1.82) is 0 Å². The Morgan fingerprint density at radius 2 is 1.87 bits per heavy atom. The Bertz CT molecular complexity index is 656. The quantitative estimate of drug-likeness (QED) is 0.718. The number of imide groups is 1. The van der Waals surface area contributed by atoms with Crippen molar-refractivity contribution in [2.24, 2.45) is 11.7 Å². The van der Waals surface area contributed by atoms with Crippen molar-refractivity contribution in [2.75, 3.05) is 18.0 Å². The van der Waals surface area contributed by atoms with Gasteiger partial charge in [-0.2, -0.15) is 0 Å². The highest BCUT2D eigenvalue weighted by Crippen LogP contribution is 2.25. The second-order valence-corrected chi connectivity index (χ2v) is 6.11. The van der Waals surface area contributed by atoms with Gasteiger partial charge >= 0.3 is 0 Å². The molecule has 0 radical (unpaired) electrons. The lowest BCUT2D eigenvalue weighted by Crippen LogP contribution is -3.17. The largest absolute Gasteiger partial charge is 0.369 e. The molecule has 3 rings (SSSR count). The summed E-state index contributed by atoms with van der Waals surface area (Å²) >= 11 is 0. The summed E-state index contributed by atoms with van der Waals surface area (Å²) in [7, 11) is 0. The maximum atomic E-state index is 13.9. The molecule has 2 aliphatic rings. The molecule has 2 heterocycles. The van der Waals surface area contributed by atoms with E-state index in [0.29, 0.717) is 25.9 Å². The van der Waals surface area contributed by atoms with E-state index in [0.717, 1.165) is 9.80 Å². The molecule has 7 heteroatoms. The molecule has 3 amide bonds. The van der Waals surface area contributed by atoms with Crippen LogP contribution in [0.3, 0.4) is 0 Å². The zero-order valence-corrected chi connectivity index (χ0v) is 12.6. The summed E-state index contributed by atoms with van der Waals surface area (Å²) in [5, 5.41) is 0. The van der Waals surface area contributed by atoms with Gasteiger partial charge in [-0.05, 0) is 12.1 Å². The molecule has 0 spiro atoms. The van der Waals surface area contributed by atoms with Gasteiger partial charge in [-0.1, -0.05) is 12.1 Å². The molecule has 0 saturated carbocycles. The van der Waals surface area contributed by atoms with E-state index in [1.165, 1.54) is 18.2 Å². The number of halogens is 1. The van der Waals surface area contributed by atoms with Gasteiger partial charge in [0.05, 0.1) is 25.2 Å². The Kier molecular flexibility index (Phi) is 4.12. The van der Waals surface area contributed by atoms with E-state index in [9.17, 15) is 18.8 Å². The second kappa shape index (κ2) is 6.08. The molecule has 1 atom stereocenters. The molecule has 1 aromatic rings. The Morgan fingerprint density at radius 1 is 1.22 bits per heavy atom. The Hall–Kier alpha value is -2.28. The van der Waals surface area contributed by atoms with Gasteiger partial charge in [0.2, 0.25) is 11.8 Å². The number of amides is 3. The molecule has 6 nitrogen and oxygen atoms in total. The summed E-state index contributed by atoms with van der Waals surface area (Å²) in [5.74, 6) is -1.81. The van der Waals surface area contributed by atoms with Gasteiger partial charge in [0.15, 0.2) is 6.04 Å². The number of quaternary nitrogens is 1. The van der Waals surface area contributed by atoms with Crippen LogP contribution < -0.4 is 15.5 Å². The minimum absolute atomic E-state index is 0.0106. The molecule has 3 N–H and O–H groups in total. The number of nitrogens with two attached hydrogens (primary N) is 1. The fraction of sp³-hybridized carbons (Fsp3) is 0.438. The number of nitrogens with zero attached hydrogens (tertiary/aromatic N) is 1. The van der Waals surface area contributed by atoms with Crippen LogP contribution in [0.15, 0.2) is 24.3 Å². The number of likely N-dealkylation sites (tertiary alicyclic amines) is 1. The van der Waals surface area contributed by atoms with Crippen LogP contribution in [0, 0.1) is 11.7 Å². The van der Waals surface area contributed by atoms with Crippen molar-refractivity contribution >= 4 is 23.4 Å². The van der Waals surface area contributed by atoms with Crippen molar-refractivity contribution in [3.8, 4) is 0 Å². The molecule has 2 fully saturated rings. The molecule has 23 heavy (non-hydrogen) atoms. The zero-order valence-electron chi connectivity index (χ0n) is 12.6. The summed E-state index contributed by atoms with van der Waals surface area (Å²) in [5.41, 5.74) is 5.32. The van der Waals surface area contributed by atoms with E-state index in [2.05, 4.69) is 0 Å². The first kappa shape index (κ1) is 15.6. The van der Waals surface area contributed by atoms with E-state index in [-0.39, 0.29) is 35.7 Å². The van der Waals surface area contributed by atoms with Gasteiger partial charge in [-0.25, -0.2) is 9.29 Å². The maximum absolute atomic E-state index is 13.9. The molecule has 0 unspecified atom stereocenters. The Balaban J connectivity index is 1.75. The number of primary amides is 1. The number of para-hydroxylation sites is 1. The average Bonchev–Trinajstić information content (AvgIpc) is 2.83. The highest BCUT2D eigenvalue weighted by atomic mass is 19.1. The highest BCUT2D eigenvalue weighted by Gasteiger charge is 2.47. The first-order chi connectivity index (χ1) is 11.0. The molecular formula is C16H19FN3O3+. The summed E-state index contributed by atoms with van der Waals surface area (Å²) in [6.45, 7) is 1.23. The van der Waals surface area contributed by atoms with Gasteiger partial charge in [-0.3, -0.25) is 14.4 Å². The van der Waals surface area contributed by atoms with Crippen LogP contribution in [0.1, 0.15) is 19.3 Å². The smallest absolute Gasteiger partial charge is 0.292 e. The summed E-state index contributed by atoms with van der Waals surface area (Å²) in [6, 6.07) is 5.27. The minimum Gasteiger partial charge on any atom is -0.369 e. The Labute approximate surface area is 133 Å².